The van der Waals surface area contributed by atoms with E-state index in [0.29, 0.717) is 11.6 Å². The zero-order chi connectivity index (χ0) is 15.3. The van der Waals surface area contributed by atoms with Crippen molar-refractivity contribution in [2.24, 2.45) is 5.92 Å². The predicted molar refractivity (Wildman–Crippen MR) is 78.0 cm³/mol. The molecule has 1 aromatic rings. The van der Waals surface area contributed by atoms with Crippen LogP contribution in [0.2, 0.25) is 0 Å². The Morgan fingerprint density at radius 3 is 2.45 bits per heavy atom. The van der Waals surface area contributed by atoms with Gasteiger partial charge in [-0.15, -0.1) is 0 Å². The van der Waals surface area contributed by atoms with Crippen LogP contribution in [0.1, 0.15) is 31.1 Å². The number of hydrogen-bond donors (Lipinski definition) is 3. The zero-order valence-electron chi connectivity index (χ0n) is 12.0. The smallest absolute Gasteiger partial charge is 0.340 e. The van der Waals surface area contributed by atoms with E-state index in [2.05, 4.69) is 5.32 Å². The van der Waals surface area contributed by atoms with Gasteiger partial charge in [0.05, 0.1) is 5.56 Å². The molecule has 1 unspecified atom stereocenters. The van der Waals surface area contributed by atoms with Gasteiger partial charge in [0.25, 0.3) is 5.91 Å². The monoisotopic (exact) mass is 279 g/mol. The largest absolute Gasteiger partial charge is 0.452 e. The first-order valence-electron chi connectivity index (χ1n) is 6.42. The van der Waals surface area contributed by atoms with Gasteiger partial charge in [0.15, 0.2) is 6.61 Å². The predicted octanol–water partition coefficient (Wildman–Crippen LogP) is 1.17. The molecule has 0 saturated heterocycles. The highest BCUT2D eigenvalue weighted by atomic mass is 16.5. The van der Waals surface area contributed by atoms with E-state index < -0.39 is 5.97 Å². The lowest BCUT2D eigenvalue weighted by Gasteiger charge is -2.17. The van der Waals surface area contributed by atoms with Crippen LogP contribution < -0.4 is 16.8 Å². The van der Waals surface area contributed by atoms with Crippen LogP contribution in [0.15, 0.2) is 18.2 Å². The number of carbonyl (C=O) groups excluding carboxylic acids is 2. The van der Waals surface area contributed by atoms with Crippen LogP contribution in [0.5, 0.6) is 0 Å². The van der Waals surface area contributed by atoms with Crippen LogP contribution in [0.25, 0.3) is 0 Å². The van der Waals surface area contributed by atoms with Gasteiger partial charge in [-0.2, -0.15) is 0 Å². The molecule has 0 bridgehead atoms. The Morgan fingerprint density at radius 1 is 1.25 bits per heavy atom. The van der Waals surface area contributed by atoms with Gasteiger partial charge in [-0.05, 0) is 31.0 Å². The number of esters is 1. The fourth-order valence-corrected chi connectivity index (χ4v) is 1.44. The lowest BCUT2D eigenvalue weighted by Crippen LogP contribution is -2.38. The molecule has 1 aromatic carbocycles. The Hall–Kier alpha value is -2.24. The minimum atomic E-state index is -0.644. The summed E-state index contributed by atoms with van der Waals surface area (Å²) in [7, 11) is 0. The van der Waals surface area contributed by atoms with Crippen molar-refractivity contribution >= 4 is 23.3 Å². The normalized spacial score (nSPS) is 12.0. The number of nitrogens with two attached hydrogens (primary N) is 2. The average molecular weight is 279 g/mol. The number of carbonyl (C=O) groups is 2. The Labute approximate surface area is 118 Å². The molecule has 0 aliphatic heterocycles. The summed E-state index contributed by atoms with van der Waals surface area (Å²) in [5.41, 5.74) is 12.1. The van der Waals surface area contributed by atoms with Gasteiger partial charge in [-0.3, -0.25) is 4.79 Å². The topological polar surface area (TPSA) is 107 Å². The number of benzene rings is 1. The molecule has 1 amide bonds. The molecule has 0 aromatic heterocycles. The van der Waals surface area contributed by atoms with Crippen molar-refractivity contribution in [3.8, 4) is 0 Å². The van der Waals surface area contributed by atoms with Crippen LogP contribution in [-0.2, 0) is 9.53 Å². The molecule has 0 fully saturated rings. The Balaban J connectivity index is 2.53. The van der Waals surface area contributed by atoms with Crippen LogP contribution in [0.4, 0.5) is 11.4 Å². The molecular formula is C14H21N3O3. The molecule has 0 aliphatic carbocycles. The van der Waals surface area contributed by atoms with Gasteiger partial charge < -0.3 is 21.5 Å². The number of amides is 1. The number of hydrogen-bond acceptors (Lipinski definition) is 5. The molecule has 110 valence electrons. The van der Waals surface area contributed by atoms with Gasteiger partial charge in [-0.25, -0.2) is 4.79 Å². The summed E-state index contributed by atoms with van der Waals surface area (Å²) in [4.78, 5) is 23.4. The third-order valence-corrected chi connectivity index (χ3v) is 3.02. The van der Waals surface area contributed by atoms with E-state index in [1.54, 1.807) is 6.07 Å². The van der Waals surface area contributed by atoms with Crippen molar-refractivity contribution in [3.63, 3.8) is 0 Å². The van der Waals surface area contributed by atoms with Crippen LogP contribution in [0, 0.1) is 5.92 Å². The summed E-state index contributed by atoms with van der Waals surface area (Å²) in [6, 6.07) is 4.51. The Bertz CT molecular complexity index is 500. The summed E-state index contributed by atoms with van der Waals surface area (Å²) in [5.74, 6) is -0.675. The highest BCUT2D eigenvalue weighted by Crippen LogP contribution is 2.16. The molecule has 0 aliphatic rings. The van der Waals surface area contributed by atoms with E-state index in [0.717, 1.165) is 0 Å². The molecule has 6 nitrogen and oxygen atoms in total. The molecule has 20 heavy (non-hydrogen) atoms. The van der Waals surface area contributed by atoms with Crippen LogP contribution in [-0.4, -0.2) is 24.5 Å². The Morgan fingerprint density at radius 2 is 1.90 bits per heavy atom. The third-order valence-electron chi connectivity index (χ3n) is 3.02. The van der Waals surface area contributed by atoms with Crippen molar-refractivity contribution in [2.75, 3.05) is 18.1 Å². The van der Waals surface area contributed by atoms with Gasteiger partial charge in [0.1, 0.15) is 0 Å². The number of rotatable bonds is 5. The molecule has 1 rings (SSSR count). The second kappa shape index (κ2) is 6.79. The first-order chi connectivity index (χ1) is 9.31. The summed E-state index contributed by atoms with van der Waals surface area (Å²) in [5, 5.41) is 2.74. The van der Waals surface area contributed by atoms with Gasteiger partial charge in [-0.1, -0.05) is 13.8 Å². The number of nitrogens with one attached hydrogen (secondary N) is 1. The van der Waals surface area contributed by atoms with Gasteiger partial charge in [0, 0.05) is 17.4 Å². The van der Waals surface area contributed by atoms with E-state index in [4.69, 9.17) is 16.2 Å². The van der Waals surface area contributed by atoms with Crippen molar-refractivity contribution < 1.29 is 14.3 Å². The van der Waals surface area contributed by atoms with E-state index in [1.807, 2.05) is 20.8 Å². The quantitative estimate of drug-likeness (QED) is 0.554. The van der Waals surface area contributed by atoms with Gasteiger partial charge in [0.2, 0.25) is 0 Å². The number of nitrogen functional groups attached to an aromatic ring is 2. The Kier molecular flexibility index (Phi) is 5.37. The second-order valence-corrected chi connectivity index (χ2v) is 5.02. The van der Waals surface area contributed by atoms with Crippen molar-refractivity contribution in [1.82, 2.24) is 5.32 Å². The molecule has 1 atom stereocenters. The van der Waals surface area contributed by atoms with Crippen molar-refractivity contribution in [3.05, 3.63) is 23.8 Å². The minimum Gasteiger partial charge on any atom is -0.452 e. The first kappa shape index (κ1) is 15.8. The maximum atomic E-state index is 11.8. The highest BCUT2D eigenvalue weighted by Gasteiger charge is 2.15. The zero-order valence-corrected chi connectivity index (χ0v) is 12.0. The standard InChI is InChI=1S/C14H21N3O3/c1-8(2)9(3)17-13(18)7-20-14(19)11-5-4-10(15)6-12(11)16/h4-6,8-9H,7,15-16H2,1-3H3,(H,17,18). The summed E-state index contributed by atoms with van der Waals surface area (Å²) >= 11 is 0. The molecule has 6 heteroatoms. The second-order valence-electron chi connectivity index (χ2n) is 5.02. The number of anilines is 2. The lowest BCUT2D eigenvalue weighted by molar-refractivity contribution is -0.125. The lowest BCUT2D eigenvalue weighted by atomic mass is 10.1. The SMILES string of the molecule is CC(C)C(C)NC(=O)COC(=O)c1ccc(N)cc1N. The molecule has 5 N–H and O–H groups in total. The van der Waals surface area contributed by atoms with E-state index in [-0.39, 0.29) is 29.8 Å². The maximum Gasteiger partial charge on any atom is 0.340 e. The van der Waals surface area contributed by atoms with E-state index in [9.17, 15) is 9.59 Å². The maximum absolute atomic E-state index is 11.8. The molecule has 0 spiro atoms. The van der Waals surface area contributed by atoms with Crippen molar-refractivity contribution in [2.45, 2.75) is 26.8 Å². The third kappa shape index (κ3) is 4.46. The summed E-state index contributed by atoms with van der Waals surface area (Å²) in [6.45, 7) is 5.54. The first-order valence-corrected chi connectivity index (χ1v) is 6.42. The van der Waals surface area contributed by atoms with E-state index >= 15 is 0 Å². The summed E-state index contributed by atoms with van der Waals surface area (Å²) < 4.78 is 4.92. The minimum absolute atomic E-state index is 0.0165. The van der Waals surface area contributed by atoms with Crippen molar-refractivity contribution in [1.29, 1.82) is 0 Å². The average Bonchev–Trinajstić information content (AvgIpc) is 2.35. The molecule has 0 radical (unpaired) electrons. The number of ether oxygens (including phenoxy) is 1. The van der Waals surface area contributed by atoms with E-state index in [1.165, 1.54) is 12.1 Å². The van der Waals surface area contributed by atoms with Gasteiger partial charge >= 0.3 is 5.97 Å². The fraction of sp³-hybridized carbons (Fsp3) is 0.429. The molecular weight excluding hydrogens is 258 g/mol. The molecule has 0 heterocycles. The highest BCUT2D eigenvalue weighted by molar-refractivity contribution is 5.96. The fourth-order valence-electron chi connectivity index (χ4n) is 1.44. The summed E-state index contributed by atoms with van der Waals surface area (Å²) in [6.07, 6.45) is 0. The molecule has 0 saturated carbocycles. The van der Waals surface area contributed by atoms with Crippen LogP contribution >= 0.6 is 0 Å². The van der Waals surface area contributed by atoms with Crippen LogP contribution in [0.3, 0.4) is 0 Å².